The van der Waals surface area contributed by atoms with Crippen LogP contribution in [0.25, 0.3) is 0 Å². The SMILES string of the molecule is CC1CCCc2c(Br)nc(C(C)(C)C)n21. The molecule has 0 saturated carbocycles. The van der Waals surface area contributed by atoms with Gasteiger partial charge >= 0.3 is 0 Å². The molecule has 1 atom stereocenters. The number of nitrogens with zero attached hydrogens (tertiary/aromatic N) is 2. The van der Waals surface area contributed by atoms with Crippen LogP contribution in [0.4, 0.5) is 0 Å². The minimum atomic E-state index is 0.131. The molecule has 0 aliphatic carbocycles. The largest absolute Gasteiger partial charge is 0.328 e. The van der Waals surface area contributed by atoms with Crippen molar-refractivity contribution < 1.29 is 0 Å². The highest BCUT2D eigenvalue weighted by molar-refractivity contribution is 9.10. The zero-order valence-corrected chi connectivity index (χ0v) is 11.6. The average Bonchev–Trinajstić information content (AvgIpc) is 2.45. The molecule has 1 unspecified atom stereocenters. The predicted molar refractivity (Wildman–Crippen MR) is 66.3 cm³/mol. The van der Waals surface area contributed by atoms with Gasteiger partial charge in [-0.15, -0.1) is 0 Å². The Hall–Kier alpha value is -0.310. The van der Waals surface area contributed by atoms with Gasteiger partial charge in [-0.2, -0.15) is 0 Å². The van der Waals surface area contributed by atoms with Crippen LogP contribution >= 0.6 is 15.9 Å². The van der Waals surface area contributed by atoms with Gasteiger partial charge in [-0.1, -0.05) is 20.8 Å². The van der Waals surface area contributed by atoms with Crippen molar-refractivity contribution >= 4 is 15.9 Å². The molecular weight excluding hydrogens is 252 g/mol. The molecule has 0 fully saturated rings. The van der Waals surface area contributed by atoms with E-state index in [1.807, 2.05) is 0 Å². The first kappa shape index (κ1) is 11.2. The topological polar surface area (TPSA) is 17.8 Å². The quantitative estimate of drug-likeness (QED) is 0.701. The van der Waals surface area contributed by atoms with E-state index in [0.717, 1.165) is 11.0 Å². The van der Waals surface area contributed by atoms with Crippen LogP contribution in [0, 0.1) is 0 Å². The molecule has 0 spiro atoms. The molecule has 1 aliphatic rings. The molecular formula is C12H19BrN2. The molecule has 0 radical (unpaired) electrons. The van der Waals surface area contributed by atoms with E-state index in [1.165, 1.54) is 24.4 Å². The summed E-state index contributed by atoms with van der Waals surface area (Å²) >= 11 is 3.59. The minimum Gasteiger partial charge on any atom is -0.328 e. The molecule has 0 bridgehead atoms. The van der Waals surface area contributed by atoms with Crippen molar-refractivity contribution in [3.05, 3.63) is 16.1 Å². The molecule has 0 aromatic carbocycles. The second-order valence-corrected chi connectivity index (χ2v) is 6.29. The van der Waals surface area contributed by atoms with Crippen molar-refractivity contribution in [3.63, 3.8) is 0 Å². The van der Waals surface area contributed by atoms with Crippen LogP contribution in [0.15, 0.2) is 4.60 Å². The van der Waals surface area contributed by atoms with Crippen LogP contribution in [0.2, 0.25) is 0 Å². The third-order valence-corrected chi connectivity index (χ3v) is 3.74. The highest BCUT2D eigenvalue weighted by atomic mass is 79.9. The van der Waals surface area contributed by atoms with E-state index in [1.54, 1.807) is 0 Å². The molecule has 1 aromatic heterocycles. The van der Waals surface area contributed by atoms with Crippen LogP contribution in [0.5, 0.6) is 0 Å². The van der Waals surface area contributed by atoms with E-state index in [0.29, 0.717) is 6.04 Å². The number of fused-ring (bicyclic) bond motifs is 1. The summed E-state index contributed by atoms with van der Waals surface area (Å²) in [5, 5.41) is 0. The number of aromatic nitrogens is 2. The van der Waals surface area contributed by atoms with Crippen molar-refractivity contribution in [2.75, 3.05) is 0 Å². The van der Waals surface area contributed by atoms with Crippen molar-refractivity contribution in [1.82, 2.24) is 9.55 Å². The number of imidazole rings is 1. The molecule has 2 nitrogen and oxygen atoms in total. The summed E-state index contributed by atoms with van der Waals surface area (Å²) in [7, 11) is 0. The summed E-state index contributed by atoms with van der Waals surface area (Å²) in [4.78, 5) is 4.69. The fourth-order valence-electron chi connectivity index (χ4n) is 2.36. The van der Waals surface area contributed by atoms with Gasteiger partial charge in [0.05, 0.1) is 5.69 Å². The molecule has 0 amide bonds. The van der Waals surface area contributed by atoms with E-state index in [4.69, 9.17) is 4.98 Å². The van der Waals surface area contributed by atoms with Gasteiger partial charge in [-0.05, 0) is 42.1 Å². The first-order chi connectivity index (χ1) is 6.91. The van der Waals surface area contributed by atoms with Crippen LogP contribution in [-0.4, -0.2) is 9.55 Å². The summed E-state index contributed by atoms with van der Waals surface area (Å²) in [5.41, 5.74) is 1.52. The fourth-order valence-corrected chi connectivity index (χ4v) is 2.92. The third-order valence-electron chi connectivity index (χ3n) is 3.11. The summed E-state index contributed by atoms with van der Waals surface area (Å²) < 4.78 is 3.49. The van der Waals surface area contributed by atoms with E-state index in [2.05, 4.69) is 48.2 Å². The molecule has 84 valence electrons. The zero-order chi connectivity index (χ0) is 11.2. The average molecular weight is 271 g/mol. The smallest absolute Gasteiger partial charge is 0.127 e. The lowest BCUT2D eigenvalue weighted by Gasteiger charge is -2.28. The number of hydrogen-bond acceptors (Lipinski definition) is 1. The molecule has 0 saturated heterocycles. The predicted octanol–water partition coefficient (Wildman–Crippen LogP) is 3.84. The van der Waals surface area contributed by atoms with Crippen molar-refractivity contribution in [2.45, 2.75) is 58.4 Å². The number of halogens is 1. The van der Waals surface area contributed by atoms with E-state index in [-0.39, 0.29) is 5.41 Å². The highest BCUT2D eigenvalue weighted by Crippen LogP contribution is 2.35. The summed E-state index contributed by atoms with van der Waals surface area (Å²) in [6.45, 7) is 9.00. The molecule has 1 aromatic rings. The van der Waals surface area contributed by atoms with Gasteiger partial charge in [0.1, 0.15) is 10.4 Å². The second kappa shape index (κ2) is 3.62. The molecule has 3 heteroatoms. The Morgan fingerprint density at radius 3 is 2.67 bits per heavy atom. The fraction of sp³-hybridized carbons (Fsp3) is 0.750. The first-order valence-corrected chi connectivity index (χ1v) is 6.47. The second-order valence-electron chi connectivity index (χ2n) is 5.53. The Bertz CT molecular complexity index is 374. The maximum absolute atomic E-state index is 4.69. The van der Waals surface area contributed by atoms with Gasteiger partial charge in [-0.25, -0.2) is 4.98 Å². The van der Waals surface area contributed by atoms with E-state index in [9.17, 15) is 0 Å². The first-order valence-electron chi connectivity index (χ1n) is 5.68. The van der Waals surface area contributed by atoms with E-state index >= 15 is 0 Å². The number of hydrogen-bond donors (Lipinski definition) is 0. The Morgan fingerprint density at radius 2 is 2.07 bits per heavy atom. The van der Waals surface area contributed by atoms with Crippen LogP contribution in [0.3, 0.4) is 0 Å². The number of rotatable bonds is 0. The monoisotopic (exact) mass is 270 g/mol. The maximum Gasteiger partial charge on any atom is 0.127 e. The van der Waals surface area contributed by atoms with Crippen molar-refractivity contribution in [2.24, 2.45) is 0 Å². The summed E-state index contributed by atoms with van der Waals surface area (Å²) in [6.07, 6.45) is 3.72. The van der Waals surface area contributed by atoms with Crippen LogP contribution in [0.1, 0.15) is 58.1 Å². The van der Waals surface area contributed by atoms with Crippen LogP contribution in [-0.2, 0) is 11.8 Å². The normalized spacial score (nSPS) is 21.5. The van der Waals surface area contributed by atoms with Gasteiger partial charge in [0.25, 0.3) is 0 Å². The Morgan fingerprint density at radius 1 is 1.40 bits per heavy atom. The lowest BCUT2D eigenvalue weighted by Crippen LogP contribution is -2.24. The highest BCUT2D eigenvalue weighted by Gasteiger charge is 2.29. The van der Waals surface area contributed by atoms with Gasteiger partial charge in [-0.3, -0.25) is 0 Å². The van der Waals surface area contributed by atoms with Crippen molar-refractivity contribution in [3.8, 4) is 0 Å². The van der Waals surface area contributed by atoms with Gasteiger partial charge in [0.15, 0.2) is 0 Å². The minimum absolute atomic E-state index is 0.131. The van der Waals surface area contributed by atoms with E-state index < -0.39 is 0 Å². The Balaban J connectivity index is 2.58. The summed E-state index contributed by atoms with van der Waals surface area (Å²) in [6, 6.07) is 0.599. The van der Waals surface area contributed by atoms with Crippen LogP contribution < -0.4 is 0 Å². The zero-order valence-electron chi connectivity index (χ0n) is 9.97. The Labute approximate surface area is 100 Å². The molecule has 1 aliphatic heterocycles. The van der Waals surface area contributed by atoms with Gasteiger partial charge in [0.2, 0.25) is 0 Å². The lowest BCUT2D eigenvalue weighted by atomic mass is 9.94. The molecule has 2 rings (SSSR count). The molecule has 0 N–H and O–H groups in total. The lowest BCUT2D eigenvalue weighted by molar-refractivity contribution is 0.387. The standard InChI is InChI=1S/C12H19BrN2/c1-8-6-5-7-9-10(13)14-11(15(8)9)12(2,3)4/h8H,5-7H2,1-4H3. The van der Waals surface area contributed by atoms with Crippen molar-refractivity contribution in [1.29, 1.82) is 0 Å². The Kier molecular flexibility index (Phi) is 2.70. The van der Waals surface area contributed by atoms with Gasteiger partial charge in [0, 0.05) is 11.5 Å². The molecule has 15 heavy (non-hydrogen) atoms. The van der Waals surface area contributed by atoms with Gasteiger partial charge < -0.3 is 4.57 Å². The molecule has 2 heterocycles. The summed E-state index contributed by atoms with van der Waals surface area (Å²) in [5.74, 6) is 1.22. The maximum atomic E-state index is 4.69. The third kappa shape index (κ3) is 1.86.